The van der Waals surface area contributed by atoms with E-state index >= 15 is 0 Å². The smallest absolute Gasteiger partial charge is 0.330 e. The zero-order valence-corrected chi connectivity index (χ0v) is 20.0. The van der Waals surface area contributed by atoms with Gasteiger partial charge in [0, 0.05) is 37.8 Å². The standard InChI is InChI=1S/C24H31N5O6/c1-3-5-9-27(20-21(25)28(8-4-2)24(33)26-22(20)31)23(32)15-12-19(30)29(14-15)16-6-7-17-18(13-16)35-11-10-34-17/h6-7,13,15H,3-5,8-12,14,25H2,1-2H3,(H,26,31,33)/t15-/m0/s1. The van der Waals surface area contributed by atoms with Gasteiger partial charge in [-0.15, -0.1) is 0 Å². The third-order valence-corrected chi connectivity index (χ3v) is 6.24. The van der Waals surface area contributed by atoms with Crippen molar-refractivity contribution in [3.05, 3.63) is 39.0 Å². The van der Waals surface area contributed by atoms with Crippen LogP contribution < -0.4 is 36.3 Å². The van der Waals surface area contributed by atoms with E-state index in [2.05, 4.69) is 4.98 Å². The lowest BCUT2D eigenvalue weighted by Crippen LogP contribution is -2.44. The van der Waals surface area contributed by atoms with Gasteiger partial charge in [0.1, 0.15) is 19.0 Å². The molecule has 4 rings (SSSR count). The normalized spacial score (nSPS) is 17.0. The Morgan fingerprint density at radius 1 is 1.14 bits per heavy atom. The molecule has 3 N–H and O–H groups in total. The molecule has 0 spiro atoms. The summed E-state index contributed by atoms with van der Waals surface area (Å²) in [5.74, 6) is -0.115. The molecule has 2 aromatic rings. The number of H-pyrrole nitrogens is 1. The third-order valence-electron chi connectivity index (χ3n) is 6.24. The van der Waals surface area contributed by atoms with Gasteiger partial charge in [-0.2, -0.15) is 0 Å². The van der Waals surface area contributed by atoms with Crippen molar-refractivity contribution < 1.29 is 19.1 Å². The topological polar surface area (TPSA) is 140 Å². The van der Waals surface area contributed by atoms with Crippen molar-refractivity contribution in [2.45, 2.75) is 46.1 Å². The van der Waals surface area contributed by atoms with Gasteiger partial charge >= 0.3 is 5.69 Å². The van der Waals surface area contributed by atoms with Gasteiger partial charge < -0.3 is 25.0 Å². The number of rotatable bonds is 8. The van der Waals surface area contributed by atoms with Gasteiger partial charge in [-0.3, -0.25) is 23.9 Å². The lowest BCUT2D eigenvalue weighted by atomic mass is 10.1. The molecule has 11 nitrogen and oxygen atoms in total. The molecular weight excluding hydrogens is 454 g/mol. The zero-order valence-electron chi connectivity index (χ0n) is 20.0. The zero-order chi connectivity index (χ0) is 25.1. The van der Waals surface area contributed by atoms with Crippen molar-refractivity contribution >= 4 is 29.0 Å². The molecule has 2 aliphatic rings. The van der Waals surface area contributed by atoms with E-state index in [0.29, 0.717) is 49.8 Å². The number of carbonyl (C=O) groups is 2. The van der Waals surface area contributed by atoms with Crippen molar-refractivity contribution in [1.29, 1.82) is 0 Å². The molecule has 2 aliphatic heterocycles. The number of amides is 2. The molecule has 0 aliphatic carbocycles. The largest absolute Gasteiger partial charge is 0.486 e. The van der Waals surface area contributed by atoms with Crippen molar-refractivity contribution in [2.24, 2.45) is 5.92 Å². The van der Waals surface area contributed by atoms with Crippen molar-refractivity contribution in [3.63, 3.8) is 0 Å². The van der Waals surface area contributed by atoms with Crippen LogP contribution in [0.1, 0.15) is 39.5 Å². The molecule has 0 radical (unpaired) electrons. The summed E-state index contributed by atoms with van der Waals surface area (Å²) in [4.78, 5) is 56.8. The number of aromatic nitrogens is 2. The Morgan fingerprint density at radius 2 is 1.89 bits per heavy atom. The molecule has 1 atom stereocenters. The fourth-order valence-corrected chi connectivity index (χ4v) is 4.48. The van der Waals surface area contributed by atoms with Gasteiger partial charge in [0.25, 0.3) is 5.56 Å². The number of carbonyl (C=O) groups excluding carboxylic acids is 2. The molecule has 2 amide bonds. The number of hydrogen-bond donors (Lipinski definition) is 2. The second-order valence-corrected chi connectivity index (χ2v) is 8.72. The second-order valence-electron chi connectivity index (χ2n) is 8.72. The molecule has 1 fully saturated rings. The van der Waals surface area contributed by atoms with E-state index < -0.39 is 17.2 Å². The average molecular weight is 486 g/mol. The molecule has 0 unspecified atom stereocenters. The average Bonchev–Trinajstić information content (AvgIpc) is 3.24. The van der Waals surface area contributed by atoms with Crippen LogP contribution in [-0.4, -0.2) is 47.7 Å². The number of nitrogens with zero attached hydrogens (tertiary/aromatic N) is 3. The van der Waals surface area contributed by atoms with Gasteiger partial charge in [0.15, 0.2) is 17.2 Å². The molecule has 11 heteroatoms. The number of aromatic amines is 1. The first-order valence-electron chi connectivity index (χ1n) is 12.0. The highest BCUT2D eigenvalue weighted by atomic mass is 16.6. The number of hydrogen-bond acceptors (Lipinski definition) is 7. The van der Waals surface area contributed by atoms with E-state index in [1.54, 1.807) is 23.1 Å². The van der Waals surface area contributed by atoms with E-state index in [1.165, 1.54) is 9.47 Å². The van der Waals surface area contributed by atoms with E-state index in [1.807, 2.05) is 13.8 Å². The lowest BCUT2D eigenvalue weighted by Gasteiger charge is -2.27. The Labute approximate surface area is 202 Å². The van der Waals surface area contributed by atoms with Crippen LogP contribution in [0.2, 0.25) is 0 Å². The maximum atomic E-state index is 13.7. The van der Waals surface area contributed by atoms with Crippen LogP contribution in [0, 0.1) is 5.92 Å². The van der Waals surface area contributed by atoms with Crippen LogP contribution in [0.3, 0.4) is 0 Å². The summed E-state index contributed by atoms with van der Waals surface area (Å²) < 4.78 is 12.4. The SMILES string of the molecule is CCCCN(C(=O)[C@H]1CC(=O)N(c2ccc3c(c2)OCCO3)C1)c1c(N)n(CCC)c(=O)[nH]c1=O. The summed E-state index contributed by atoms with van der Waals surface area (Å²) in [6, 6.07) is 5.24. The molecular formula is C24H31N5O6. The van der Waals surface area contributed by atoms with Crippen LogP contribution in [0.5, 0.6) is 11.5 Å². The van der Waals surface area contributed by atoms with Gasteiger partial charge in [-0.05, 0) is 25.0 Å². The van der Waals surface area contributed by atoms with E-state index in [4.69, 9.17) is 15.2 Å². The maximum Gasteiger partial charge on any atom is 0.330 e. The quantitative estimate of drug-likeness (QED) is 0.577. The minimum atomic E-state index is -0.711. The van der Waals surface area contributed by atoms with Crippen molar-refractivity contribution in [2.75, 3.05) is 41.8 Å². The summed E-state index contributed by atoms with van der Waals surface area (Å²) >= 11 is 0. The van der Waals surface area contributed by atoms with Gasteiger partial charge in [-0.25, -0.2) is 4.79 Å². The monoisotopic (exact) mass is 485 g/mol. The van der Waals surface area contributed by atoms with E-state index in [-0.39, 0.29) is 42.8 Å². The lowest BCUT2D eigenvalue weighted by molar-refractivity contribution is -0.124. The summed E-state index contributed by atoms with van der Waals surface area (Å²) in [5, 5.41) is 0. The third kappa shape index (κ3) is 4.75. The highest BCUT2D eigenvalue weighted by Crippen LogP contribution is 2.36. The fraction of sp³-hybridized carbons (Fsp3) is 0.500. The number of benzene rings is 1. The first-order valence-corrected chi connectivity index (χ1v) is 12.0. The van der Waals surface area contributed by atoms with Crippen LogP contribution in [0.4, 0.5) is 17.2 Å². The number of nitrogen functional groups attached to an aromatic ring is 1. The van der Waals surface area contributed by atoms with Gasteiger partial charge in [0.05, 0.1) is 5.92 Å². The molecule has 0 bridgehead atoms. The predicted molar refractivity (Wildman–Crippen MR) is 131 cm³/mol. The maximum absolute atomic E-state index is 13.7. The molecule has 188 valence electrons. The highest BCUT2D eigenvalue weighted by Gasteiger charge is 2.39. The highest BCUT2D eigenvalue weighted by molar-refractivity contribution is 6.05. The number of fused-ring (bicyclic) bond motifs is 1. The number of unbranched alkanes of at least 4 members (excludes halogenated alkanes) is 1. The molecule has 35 heavy (non-hydrogen) atoms. The Balaban J connectivity index is 1.63. The molecule has 1 aromatic carbocycles. The Hall–Kier alpha value is -3.76. The van der Waals surface area contributed by atoms with Crippen molar-refractivity contribution in [3.8, 4) is 11.5 Å². The second kappa shape index (κ2) is 10.2. The molecule has 1 saturated heterocycles. The van der Waals surface area contributed by atoms with Crippen LogP contribution >= 0.6 is 0 Å². The summed E-state index contributed by atoms with van der Waals surface area (Å²) in [5.41, 5.74) is 5.49. The van der Waals surface area contributed by atoms with Crippen LogP contribution in [0.25, 0.3) is 0 Å². The van der Waals surface area contributed by atoms with E-state index in [0.717, 1.165) is 6.42 Å². The Morgan fingerprint density at radius 3 is 2.60 bits per heavy atom. The molecule has 3 heterocycles. The summed E-state index contributed by atoms with van der Waals surface area (Å²) in [7, 11) is 0. The van der Waals surface area contributed by atoms with E-state index in [9.17, 15) is 19.2 Å². The fourth-order valence-electron chi connectivity index (χ4n) is 4.48. The van der Waals surface area contributed by atoms with Gasteiger partial charge in [0.2, 0.25) is 11.8 Å². The minimum absolute atomic E-state index is 0.00229. The van der Waals surface area contributed by atoms with Crippen molar-refractivity contribution in [1.82, 2.24) is 9.55 Å². The summed E-state index contributed by atoms with van der Waals surface area (Å²) in [6.07, 6.45) is 2.04. The first-order chi connectivity index (χ1) is 16.8. The van der Waals surface area contributed by atoms with Crippen LogP contribution in [-0.2, 0) is 16.1 Å². The van der Waals surface area contributed by atoms with Crippen LogP contribution in [0.15, 0.2) is 27.8 Å². The Kier molecular flexibility index (Phi) is 7.13. The summed E-state index contributed by atoms with van der Waals surface area (Å²) in [6.45, 7) is 5.46. The number of anilines is 3. The molecule has 1 aromatic heterocycles. The number of ether oxygens (including phenoxy) is 2. The number of nitrogens with two attached hydrogens (primary N) is 1. The Bertz CT molecular complexity index is 1240. The molecule has 0 saturated carbocycles. The predicted octanol–water partition coefficient (Wildman–Crippen LogP) is 1.49. The number of nitrogens with one attached hydrogen (secondary N) is 1. The first kappa shape index (κ1) is 24.4. The minimum Gasteiger partial charge on any atom is -0.486 e. The van der Waals surface area contributed by atoms with Gasteiger partial charge in [-0.1, -0.05) is 20.3 Å².